The lowest BCUT2D eigenvalue weighted by Gasteiger charge is -2.20. The molecule has 1 amide bonds. The highest BCUT2D eigenvalue weighted by molar-refractivity contribution is 7.89. The molecule has 1 saturated heterocycles. The summed E-state index contributed by atoms with van der Waals surface area (Å²) in [5.41, 5.74) is 6.80. The van der Waals surface area contributed by atoms with Crippen LogP contribution in [-0.2, 0) is 21.4 Å². The predicted octanol–water partition coefficient (Wildman–Crippen LogP) is 3.07. The molecule has 0 saturated carbocycles. The summed E-state index contributed by atoms with van der Waals surface area (Å²) in [6.07, 6.45) is 1.99. The highest BCUT2D eigenvalue weighted by Crippen LogP contribution is 2.31. The summed E-state index contributed by atoms with van der Waals surface area (Å²) >= 11 is 0. The van der Waals surface area contributed by atoms with E-state index in [1.807, 2.05) is 30.3 Å². The Hall–Kier alpha value is -3.89. The van der Waals surface area contributed by atoms with Gasteiger partial charge < -0.3 is 20.1 Å². The second kappa shape index (κ2) is 9.29. The number of hydrogen-bond donors (Lipinski definition) is 2. The lowest BCUT2D eigenvalue weighted by Crippen LogP contribution is -2.41. The van der Waals surface area contributed by atoms with Gasteiger partial charge in [0, 0.05) is 30.2 Å². The number of methoxy groups -OCH3 is 2. The minimum Gasteiger partial charge on any atom is -0.497 e. The largest absolute Gasteiger partial charge is 0.497 e. The zero-order valence-corrected chi connectivity index (χ0v) is 20.7. The first-order valence-electron chi connectivity index (χ1n) is 11.4. The number of amides is 1. The molecule has 9 nitrogen and oxygen atoms in total. The van der Waals surface area contributed by atoms with Crippen molar-refractivity contribution in [3.63, 3.8) is 0 Å². The van der Waals surface area contributed by atoms with Gasteiger partial charge in [0.25, 0.3) is 0 Å². The fourth-order valence-electron chi connectivity index (χ4n) is 4.54. The number of benzene rings is 3. The number of nitrogens with zero attached hydrogens (tertiary/aromatic N) is 2. The van der Waals surface area contributed by atoms with Crippen molar-refractivity contribution >= 4 is 43.3 Å². The lowest BCUT2D eigenvalue weighted by molar-refractivity contribution is -0.129. The van der Waals surface area contributed by atoms with E-state index >= 15 is 0 Å². The van der Waals surface area contributed by atoms with E-state index in [0.29, 0.717) is 30.3 Å². The summed E-state index contributed by atoms with van der Waals surface area (Å²) < 4.78 is 39.6. The van der Waals surface area contributed by atoms with Crippen LogP contribution in [0.25, 0.3) is 21.5 Å². The van der Waals surface area contributed by atoms with E-state index in [4.69, 9.17) is 15.2 Å². The molecular weight excluding hydrogens is 480 g/mol. The molecule has 1 aliphatic heterocycles. The molecule has 3 aromatic carbocycles. The summed E-state index contributed by atoms with van der Waals surface area (Å²) in [4.78, 5) is 19.0. The molecule has 186 valence electrons. The highest BCUT2D eigenvalue weighted by Gasteiger charge is 2.35. The molecule has 1 unspecified atom stereocenters. The molecule has 1 atom stereocenters. The van der Waals surface area contributed by atoms with E-state index in [0.717, 1.165) is 27.1 Å². The van der Waals surface area contributed by atoms with Crippen LogP contribution in [0.4, 0.5) is 5.82 Å². The van der Waals surface area contributed by atoms with Gasteiger partial charge in [-0.05, 0) is 65.0 Å². The summed E-state index contributed by atoms with van der Waals surface area (Å²) in [5, 5.41) is 3.27. The van der Waals surface area contributed by atoms with Gasteiger partial charge in [0.1, 0.15) is 23.4 Å². The van der Waals surface area contributed by atoms with Crippen LogP contribution in [0.15, 0.2) is 65.7 Å². The van der Waals surface area contributed by atoms with Crippen molar-refractivity contribution in [3.8, 4) is 11.5 Å². The maximum atomic E-state index is 13.1. The molecule has 1 aliphatic rings. The molecule has 2 heterocycles. The first kappa shape index (κ1) is 23.8. The Morgan fingerprint density at radius 3 is 2.61 bits per heavy atom. The minimum absolute atomic E-state index is 0.0914. The zero-order valence-electron chi connectivity index (χ0n) is 19.9. The van der Waals surface area contributed by atoms with E-state index in [-0.39, 0.29) is 17.3 Å². The predicted molar refractivity (Wildman–Crippen MR) is 137 cm³/mol. The number of carbonyl (C=O) groups excluding carboxylic acids is 1. The van der Waals surface area contributed by atoms with Crippen LogP contribution in [0.2, 0.25) is 0 Å². The number of ether oxygens (including phenoxy) is 2. The quantitative estimate of drug-likeness (QED) is 0.395. The fourth-order valence-corrected chi connectivity index (χ4v) is 5.80. The Balaban J connectivity index is 1.35. The average Bonchev–Trinajstić information content (AvgIpc) is 3.21. The third-order valence-electron chi connectivity index (χ3n) is 6.48. The van der Waals surface area contributed by atoms with Crippen LogP contribution in [-0.4, -0.2) is 51.0 Å². The average molecular weight is 507 g/mol. The summed E-state index contributed by atoms with van der Waals surface area (Å²) in [5.74, 6) is 1.36. The number of carbonyl (C=O) groups is 1. The van der Waals surface area contributed by atoms with Gasteiger partial charge in [0.15, 0.2) is 0 Å². The summed E-state index contributed by atoms with van der Waals surface area (Å²) in [6.45, 7) is 0.672. The molecule has 4 aromatic rings. The third-order valence-corrected chi connectivity index (χ3v) is 7.95. The van der Waals surface area contributed by atoms with Gasteiger partial charge in [-0.3, -0.25) is 4.79 Å². The minimum atomic E-state index is -3.92. The van der Waals surface area contributed by atoms with Gasteiger partial charge >= 0.3 is 0 Å². The van der Waals surface area contributed by atoms with Gasteiger partial charge in [-0.2, -0.15) is 4.72 Å². The van der Waals surface area contributed by atoms with E-state index in [1.54, 1.807) is 43.5 Å². The lowest BCUT2D eigenvalue weighted by atomic mass is 10.1. The number of fused-ring (bicyclic) bond motifs is 2. The molecule has 10 heteroatoms. The summed E-state index contributed by atoms with van der Waals surface area (Å²) in [6, 6.07) is 15.0. The van der Waals surface area contributed by atoms with Gasteiger partial charge in [-0.15, -0.1) is 0 Å². The molecule has 0 spiro atoms. The van der Waals surface area contributed by atoms with Crippen LogP contribution in [0, 0.1) is 0 Å². The van der Waals surface area contributed by atoms with Crippen molar-refractivity contribution in [2.75, 3.05) is 26.5 Å². The molecule has 3 N–H and O–H groups in total. The molecule has 0 bridgehead atoms. The first-order chi connectivity index (χ1) is 17.3. The number of nitrogen functional groups attached to an aromatic ring is 1. The van der Waals surface area contributed by atoms with E-state index in [2.05, 4.69) is 9.71 Å². The number of likely N-dealkylation sites (tertiary alicyclic amines) is 1. The normalized spacial score (nSPS) is 16.1. The van der Waals surface area contributed by atoms with Crippen LogP contribution in [0.5, 0.6) is 11.5 Å². The number of rotatable bonds is 7. The molecule has 5 rings (SSSR count). The van der Waals surface area contributed by atoms with E-state index < -0.39 is 16.1 Å². The number of hydrogen-bond acceptors (Lipinski definition) is 7. The smallest absolute Gasteiger partial charge is 0.241 e. The SMILES string of the molecule is COc1ccc2ccc(S(=O)(=O)NC3CCN(Cc4cc5c(N)nccc5cc4OC)C3=O)cc2c1. The molecular formula is C26H26N4O5S. The monoisotopic (exact) mass is 506 g/mol. The second-order valence-corrected chi connectivity index (χ2v) is 10.4. The molecule has 1 fully saturated rings. The van der Waals surface area contributed by atoms with Crippen LogP contribution in [0.1, 0.15) is 12.0 Å². The molecule has 36 heavy (non-hydrogen) atoms. The second-order valence-electron chi connectivity index (χ2n) is 8.68. The molecule has 0 aliphatic carbocycles. The van der Waals surface area contributed by atoms with Crippen molar-refractivity contribution in [1.29, 1.82) is 0 Å². The number of aromatic nitrogens is 1. The topological polar surface area (TPSA) is 124 Å². The standard InChI is InChI=1S/C26H26N4O5S/c1-34-20-5-3-16-4-6-21(12-18(16)11-20)36(32,33)29-23-8-10-30(26(23)31)15-19-13-22-17(14-24(19)35-2)7-9-28-25(22)27/h3-7,9,11-14,23,29H,8,10,15H2,1-2H3,(H2,27,28). The zero-order chi connectivity index (χ0) is 25.4. The van der Waals surface area contributed by atoms with Gasteiger partial charge in [0.05, 0.1) is 19.1 Å². The number of nitrogens with two attached hydrogens (primary N) is 1. The van der Waals surface area contributed by atoms with E-state index in [1.165, 1.54) is 6.07 Å². The van der Waals surface area contributed by atoms with Crippen molar-refractivity contribution < 1.29 is 22.7 Å². The Morgan fingerprint density at radius 2 is 1.83 bits per heavy atom. The Kier molecular flexibility index (Phi) is 6.15. The van der Waals surface area contributed by atoms with Gasteiger partial charge in [0.2, 0.25) is 15.9 Å². The number of sulfonamides is 1. The fraction of sp³-hybridized carbons (Fsp3) is 0.231. The number of anilines is 1. The third kappa shape index (κ3) is 4.40. The molecule has 0 radical (unpaired) electrons. The molecule has 1 aromatic heterocycles. The number of pyridine rings is 1. The maximum Gasteiger partial charge on any atom is 0.241 e. The van der Waals surface area contributed by atoms with E-state index in [9.17, 15) is 13.2 Å². The number of nitrogens with one attached hydrogen (secondary N) is 1. The van der Waals surface area contributed by atoms with Crippen LogP contribution in [0.3, 0.4) is 0 Å². The Morgan fingerprint density at radius 1 is 1.03 bits per heavy atom. The van der Waals surface area contributed by atoms with Crippen molar-refractivity contribution in [2.45, 2.75) is 23.9 Å². The van der Waals surface area contributed by atoms with Crippen molar-refractivity contribution in [1.82, 2.24) is 14.6 Å². The maximum absolute atomic E-state index is 13.1. The van der Waals surface area contributed by atoms with Gasteiger partial charge in [-0.1, -0.05) is 12.1 Å². The van der Waals surface area contributed by atoms with Gasteiger partial charge in [-0.25, -0.2) is 13.4 Å². The van der Waals surface area contributed by atoms with Crippen molar-refractivity contribution in [3.05, 3.63) is 66.4 Å². The first-order valence-corrected chi connectivity index (χ1v) is 12.9. The Bertz CT molecular complexity index is 1590. The van der Waals surface area contributed by atoms with Crippen LogP contribution >= 0.6 is 0 Å². The highest BCUT2D eigenvalue weighted by atomic mass is 32.2. The van der Waals surface area contributed by atoms with Crippen LogP contribution < -0.4 is 19.9 Å². The Labute approximate surface area is 208 Å². The van der Waals surface area contributed by atoms with Crippen molar-refractivity contribution in [2.24, 2.45) is 0 Å². The summed E-state index contributed by atoms with van der Waals surface area (Å²) in [7, 11) is -0.797.